The van der Waals surface area contributed by atoms with E-state index in [0.717, 1.165) is 11.5 Å². The average molecular weight is 368 g/mol. The average Bonchev–Trinajstić information content (AvgIpc) is 2.57. The Morgan fingerprint density at radius 1 is 1.15 bits per heavy atom. The van der Waals surface area contributed by atoms with E-state index in [1.54, 1.807) is 5.57 Å². The van der Waals surface area contributed by atoms with Gasteiger partial charge in [-0.25, -0.2) is 0 Å². The standard InChI is InChI=1S/C15H27NSi.2ClH.Ti/c1-15(2,3)16-17(4,5)14-11-10-12-8-6-7-9-13(12)14;;;/h6-7,9,12,14,16H,8,10-11H2,1-5H3;2*1H;/q;;;+2/p-2. The van der Waals surface area contributed by atoms with Gasteiger partial charge in [0.15, 0.2) is 0 Å². The van der Waals surface area contributed by atoms with E-state index in [1.807, 2.05) is 0 Å². The molecule has 0 saturated heterocycles. The number of hydrogen-bond acceptors (Lipinski definition) is 1. The molecule has 1 saturated carbocycles. The minimum atomic E-state index is -1.37. The van der Waals surface area contributed by atoms with Crippen molar-refractivity contribution < 1.29 is 46.5 Å². The fourth-order valence-corrected chi connectivity index (χ4v) is 7.91. The third kappa shape index (κ3) is 5.62. The Balaban J connectivity index is 0. The number of allylic oxidation sites excluding steroid dienone is 4. The third-order valence-electron chi connectivity index (χ3n) is 4.09. The van der Waals surface area contributed by atoms with Crippen LogP contribution in [0, 0.1) is 5.92 Å². The Labute approximate surface area is 153 Å². The van der Waals surface area contributed by atoms with Crippen LogP contribution in [0.1, 0.15) is 40.0 Å². The van der Waals surface area contributed by atoms with Crippen LogP contribution < -0.4 is 29.8 Å². The molecule has 0 radical (unpaired) electrons. The molecule has 0 aromatic carbocycles. The van der Waals surface area contributed by atoms with Gasteiger partial charge < -0.3 is 29.8 Å². The van der Waals surface area contributed by atoms with Crippen LogP contribution in [-0.2, 0) is 21.7 Å². The smallest absolute Gasteiger partial charge is 1.00 e. The van der Waals surface area contributed by atoms with Crippen LogP contribution in [0.5, 0.6) is 0 Å². The molecule has 2 aliphatic rings. The molecule has 1 N–H and O–H groups in total. The molecule has 0 heterocycles. The maximum Gasteiger partial charge on any atom is 2.00 e. The van der Waals surface area contributed by atoms with E-state index in [2.05, 4.69) is 57.1 Å². The molecule has 20 heavy (non-hydrogen) atoms. The van der Waals surface area contributed by atoms with Crippen molar-refractivity contribution in [3.8, 4) is 0 Å². The van der Waals surface area contributed by atoms with Gasteiger partial charge in [-0.3, -0.25) is 0 Å². The van der Waals surface area contributed by atoms with Crippen molar-refractivity contribution in [2.75, 3.05) is 0 Å². The van der Waals surface area contributed by atoms with Crippen LogP contribution >= 0.6 is 0 Å². The van der Waals surface area contributed by atoms with Gasteiger partial charge in [0.2, 0.25) is 0 Å². The molecular weight excluding hydrogens is 341 g/mol. The third-order valence-corrected chi connectivity index (χ3v) is 7.85. The molecule has 2 aliphatic carbocycles. The summed E-state index contributed by atoms with van der Waals surface area (Å²) in [6, 6.07) is 0. The first-order valence-corrected chi connectivity index (χ1v) is 10.0. The Morgan fingerprint density at radius 2 is 1.75 bits per heavy atom. The summed E-state index contributed by atoms with van der Waals surface area (Å²) >= 11 is 0. The minimum absolute atomic E-state index is 0. The van der Waals surface area contributed by atoms with Crippen LogP contribution in [0.25, 0.3) is 0 Å². The normalized spacial score (nSPS) is 24.8. The first-order chi connectivity index (χ1) is 7.80. The van der Waals surface area contributed by atoms with Crippen LogP contribution in [0.3, 0.4) is 0 Å². The summed E-state index contributed by atoms with van der Waals surface area (Å²) in [5.74, 6) is 0.860. The topological polar surface area (TPSA) is 12.0 Å². The zero-order valence-corrected chi connectivity index (χ0v) is 17.3. The molecule has 1 fully saturated rings. The fourth-order valence-electron chi connectivity index (χ4n) is 3.74. The monoisotopic (exact) mass is 367 g/mol. The number of halogens is 2. The van der Waals surface area contributed by atoms with Gasteiger partial charge >= 0.3 is 21.7 Å². The summed E-state index contributed by atoms with van der Waals surface area (Å²) in [4.78, 5) is 3.94. The second-order valence-electron chi connectivity index (χ2n) is 7.25. The van der Waals surface area contributed by atoms with Gasteiger partial charge in [-0.1, -0.05) is 36.9 Å². The van der Waals surface area contributed by atoms with Crippen LogP contribution in [0.4, 0.5) is 0 Å². The van der Waals surface area contributed by atoms with Gasteiger partial charge in [0.25, 0.3) is 0 Å². The summed E-state index contributed by atoms with van der Waals surface area (Å²) in [5, 5.41) is 0. The van der Waals surface area contributed by atoms with E-state index < -0.39 is 8.24 Å². The van der Waals surface area contributed by atoms with Crippen LogP contribution in [0.2, 0.25) is 18.6 Å². The van der Waals surface area contributed by atoms with Crippen molar-refractivity contribution >= 4 is 8.24 Å². The summed E-state index contributed by atoms with van der Waals surface area (Å²) in [5.41, 5.74) is 2.84. The van der Waals surface area contributed by atoms with Crippen LogP contribution in [0.15, 0.2) is 23.8 Å². The number of rotatable bonds is 2. The van der Waals surface area contributed by atoms with E-state index in [0.29, 0.717) is 0 Å². The molecule has 0 aromatic heterocycles. The molecule has 0 aliphatic heterocycles. The first-order valence-electron chi connectivity index (χ1n) is 6.95. The van der Waals surface area contributed by atoms with Gasteiger partial charge in [0, 0.05) is 5.54 Å². The van der Waals surface area contributed by atoms with E-state index in [1.165, 1.54) is 19.3 Å². The number of fused-ring (bicyclic) bond motifs is 1. The van der Waals surface area contributed by atoms with Crippen molar-refractivity contribution in [3.63, 3.8) is 0 Å². The Kier molecular flexibility index (Phi) is 9.93. The largest absolute Gasteiger partial charge is 2.00 e. The molecule has 2 rings (SSSR count). The van der Waals surface area contributed by atoms with E-state index in [4.69, 9.17) is 0 Å². The van der Waals surface area contributed by atoms with Crippen molar-refractivity contribution in [2.45, 2.75) is 64.2 Å². The van der Waals surface area contributed by atoms with E-state index in [9.17, 15) is 0 Å². The van der Waals surface area contributed by atoms with Gasteiger partial charge in [-0.05, 0) is 51.5 Å². The van der Waals surface area contributed by atoms with Crippen molar-refractivity contribution in [1.82, 2.24) is 4.98 Å². The SMILES string of the molecule is CC(C)(C)N[Si](C)(C)C1CCC2CC=CC=C21.[Cl-].[Cl-].[Ti+2]. The molecule has 114 valence electrons. The second-order valence-corrected chi connectivity index (χ2v) is 11.6. The zero-order chi connectivity index (χ0) is 12.7. The van der Waals surface area contributed by atoms with Crippen molar-refractivity contribution in [2.24, 2.45) is 5.92 Å². The molecule has 0 spiro atoms. The molecule has 2 unspecified atom stereocenters. The summed E-state index contributed by atoms with van der Waals surface area (Å²) < 4.78 is 0. The minimum Gasteiger partial charge on any atom is -1.00 e. The molecule has 0 amide bonds. The summed E-state index contributed by atoms with van der Waals surface area (Å²) in [6.07, 6.45) is 11.1. The number of nitrogens with one attached hydrogen (secondary N) is 1. The molecule has 0 aromatic rings. The molecule has 0 bridgehead atoms. The van der Waals surface area contributed by atoms with Gasteiger partial charge in [0.05, 0.1) is 0 Å². The zero-order valence-electron chi connectivity index (χ0n) is 13.3. The molecular formula is C15H27Cl2NSiTi. The Hall–Kier alpha value is 0.951. The van der Waals surface area contributed by atoms with Gasteiger partial charge in [-0.2, -0.15) is 0 Å². The van der Waals surface area contributed by atoms with Crippen molar-refractivity contribution in [3.05, 3.63) is 23.8 Å². The predicted molar refractivity (Wildman–Crippen MR) is 78.7 cm³/mol. The quantitative estimate of drug-likeness (QED) is 0.571. The Bertz CT molecular complexity index is 361. The van der Waals surface area contributed by atoms with Crippen LogP contribution in [-0.4, -0.2) is 13.8 Å². The first kappa shape index (κ1) is 23.2. The predicted octanol–water partition coefficient (Wildman–Crippen LogP) is -1.75. The van der Waals surface area contributed by atoms with Crippen molar-refractivity contribution in [1.29, 1.82) is 0 Å². The van der Waals surface area contributed by atoms with Gasteiger partial charge in [-0.15, -0.1) is 0 Å². The fraction of sp³-hybridized carbons (Fsp3) is 0.733. The summed E-state index contributed by atoms with van der Waals surface area (Å²) in [6.45, 7) is 11.9. The molecule has 1 nitrogen and oxygen atoms in total. The maximum absolute atomic E-state index is 3.94. The van der Waals surface area contributed by atoms with E-state index >= 15 is 0 Å². The summed E-state index contributed by atoms with van der Waals surface area (Å²) in [7, 11) is -1.37. The van der Waals surface area contributed by atoms with Gasteiger partial charge in [0.1, 0.15) is 8.24 Å². The maximum atomic E-state index is 3.94. The molecule has 5 heteroatoms. The molecule has 2 atom stereocenters. The Morgan fingerprint density at radius 3 is 2.30 bits per heavy atom. The second kappa shape index (κ2) is 8.55. The van der Waals surface area contributed by atoms with E-state index in [-0.39, 0.29) is 52.1 Å². The number of hydrogen-bond donors (Lipinski definition) is 1.